The third kappa shape index (κ3) is 4.17. The Hall–Kier alpha value is -2.34. The lowest BCUT2D eigenvalue weighted by Crippen LogP contribution is -2.62. The summed E-state index contributed by atoms with van der Waals surface area (Å²) in [5.74, 6) is 0.739. The second-order valence-electron chi connectivity index (χ2n) is 9.92. The van der Waals surface area contributed by atoms with Crippen LogP contribution in [-0.4, -0.2) is 66.7 Å². The summed E-state index contributed by atoms with van der Waals surface area (Å²) in [7, 11) is 1.38. The van der Waals surface area contributed by atoms with E-state index in [1.807, 2.05) is 35.2 Å². The number of carbonyl (C=O) groups is 2. The van der Waals surface area contributed by atoms with Crippen LogP contribution in [0.3, 0.4) is 0 Å². The van der Waals surface area contributed by atoms with Gasteiger partial charge < -0.3 is 15.0 Å². The number of urea groups is 1. The van der Waals surface area contributed by atoms with Crippen LogP contribution in [0.5, 0.6) is 0 Å². The maximum Gasteiger partial charge on any atom is 0.328 e. The summed E-state index contributed by atoms with van der Waals surface area (Å²) in [6.45, 7) is 3.04. The first kappa shape index (κ1) is 21.5. The van der Waals surface area contributed by atoms with Crippen LogP contribution < -0.4 is 5.32 Å². The first-order valence-electron chi connectivity index (χ1n) is 12.3. The molecule has 1 N–H and O–H groups in total. The molecule has 6 nitrogen and oxygen atoms in total. The molecule has 3 saturated heterocycles. The number of rotatable bonds is 4. The van der Waals surface area contributed by atoms with Gasteiger partial charge in [-0.2, -0.15) is 0 Å². The molecule has 0 saturated carbocycles. The van der Waals surface area contributed by atoms with Crippen LogP contribution in [0.1, 0.15) is 44.1 Å². The van der Waals surface area contributed by atoms with Gasteiger partial charge in [-0.1, -0.05) is 48.4 Å². The predicted octanol–water partition coefficient (Wildman–Crippen LogP) is 3.38. The number of carbonyl (C=O) groups excluding carboxylic acids is 2. The van der Waals surface area contributed by atoms with E-state index in [0.29, 0.717) is 24.3 Å². The van der Waals surface area contributed by atoms with E-state index in [9.17, 15) is 9.59 Å². The Bertz CT molecular complexity index is 870. The fraction of sp³-hybridized carbons (Fsp3) is 0.615. The topological polar surface area (TPSA) is 61.9 Å². The molecule has 2 bridgehead atoms. The molecule has 6 heteroatoms. The lowest BCUT2D eigenvalue weighted by Gasteiger charge is -2.54. The van der Waals surface area contributed by atoms with Gasteiger partial charge >= 0.3 is 12.0 Å². The number of hydrogen-bond acceptors (Lipinski definition) is 4. The number of hydrogen-bond donors (Lipinski definition) is 1. The Morgan fingerprint density at radius 1 is 1.16 bits per heavy atom. The monoisotopic (exact) mass is 437 g/mol. The summed E-state index contributed by atoms with van der Waals surface area (Å²) in [6.07, 6.45) is 10.2. The molecular formula is C26H35N3O3. The van der Waals surface area contributed by atoms with Gasteiger partial charge in [0.1, 0.15) is 6.04 Å². The van der Waals surface area contributed by atoms with Crippen LogP contribution >= 0.6 is 0 Å². The van der Waals surface area contributed by atoms with Crippen molar-refractivity contribution >= 4 is 12.0 Å². The Morgan fingerprint density at radius 2 is 2.00 bits per heavy atom. The van der Waals surface area contributed by atoms with Crippen LogP contribution in [0.2, 0.25) is 0 Å². The molecule has 1 aliphatic carbocycles. The number of methoxy groups -OCH3 is 1. The highest BCUT2D eigenvalue weighted by molar-refractivity contribution is 5.84. The van der Waals surface area contributed by atoms with Gasteiger partial charge in [-0.05, 0) is 56.0 Å². The average Bonchev–Trinajstić information content (AvgIpc) is 2.83. The van der Waals surface area contributed by atoms with Gasteiger partial charge in [0.05, 0.1) is 13.2 Å². The number of fused-ring (bicyclic) bond motifs is 6. The number of piperidine rings is 3. The van der Waals surface area contributed by atoms with E-state index in [0.717, 1.165) is 31.5 Å². The van der Waals surface area contributed by atoms with Gasteiger partial charge in [0.15, 0.2) is 0 Å². The lowest BCUT2D eigenvalue weighted by molar-refractivity contribution is -0.142. The standard InChI is InChI=1S/C26H35N3O3/c1-32-25(30)22(14-18-8-3-2-4-9-18)27-26(31)29-13-7-10-19-15-20-16-21(24(19)29)17-28-12-6-5-11-23(20)28/h2-4,8-9,15,20-24H,5-7,10-14,16-17H2,1H3,(H,27,31)/t20-,21-,22-,23+,24+/m1/s1. The van der Waals surface area contributed by atoms with E-state index in [4.69, 9.17) is 4.74 Å². The third-order valence-corrected chi connectivity index (χ3v) is 7.98. The molecule has 3 aliphatic heterocycles. The van der Waals surface area contributed by atoms with E-state index in [1.54, 1.807) is 0 Å². The summed E-state index contributed by atoms with van der Waals surface area (Å²) < 4.78 is 5.01. The van der Waals surface area contributed by atoms with E-state index in [1.165, 1.54) is 44.9 Å². The van der Waals surface area contributed by atoms with Crippen molar-refractivity contribution in [2.45, 2.75) is 63.1 Å². The number of nitrogens with zero attached hydrogens (tertiary/aromatic N) is 2. The van der Waals surface area contributed by atoms with Crippen molar-refractivity contribution in [2.75, 3.05) is 26.7 Å². The number of ether oxygens (including phenoxy) is 1. The molecule has 1 aromatic carbocycles. The number of likely N-dealkylation sites (tertiary alicyclic amines) is 1. The highest BCUT2D eigenvalue weighted by Crippen LogP contribution is 2.45. The van der Waals surface area contributed by atoms with Crippen molar-refractivity contribution in [3.63, 3.8) is 0 Å². The minimum Gasteiger partial charge on any atom is -0.467 e. The van der Waals surface area contributed by atoms with Gasteiger partial charge in [0, 0.05) is 25.6 Å². The zero-order valence-corrected chi connectivity index (χ0v) is 19.0. The molecule has 3 heterocycles. The first-order chi connectivity index (χ1) is 15.6. The van der Waals surface area contributed by atoms with Crippen LogP contribution in [0.4, 0.5) is 4.79 Å². The summed E-state index contributed by atoms with van der Waals surface area (Å²) in [5, 5.41) is 3.02. The summed E-state index contributed by atoms with van der Waals surface area (Å²) in [5.41, 5.74) is 2.46. The smallest absolute Gasteiger partial charge is 0.328 e. The quantitative estimate of drug-likeness (QED) is 0.580. The second kappa shape index (κ2) is 9.26. The van der Waals surface area contributed by atoms with Gasteiger partial charge in [0.2, 0.25) is 0 Å². The van der Waals surface area contributed by atoms with E-state index < -0.39 is 12.0 Å². The van der Waals surface area contributed by atoms with Crippen molar-refractivity contribution in [2.24, 2.45) is 11.8 Å². The predicted molar refractivity (Wildman–Crippen MR) is 123 cm³/mol. The minimum absolute atomic E-state index is 0.133. The van der Waals surface area contributed by atoms with E-state index >= 15 is 0 Å². The third-order valence-electron chi connectivity index (χ3n) is 7.98. The summed E-state index contributed by atoms with van der Waals surface area (Å²) in [6, 6.07) is 9.84. The molecule has 0 radical (unpaired) electrons. The molecule has 32 heavy (non-hydrogen) atoms. The molecular weight excluding hydrogens is 402 g/mol. The minimum atomic E-state index is -0.682. The van der Waals surface area contributed by atoms with Crippen molar-refractivity contribution in [3.8, 4) is 0 Å². The molecule has 2 amide bonds. The maximum atomic E-state index is 13.5. The molecule has 5 rings (SSSR count). The molecule has 0 unspecified atom stereocenters. The summed E-state index contributed by atoms with van der Waals surface area (Å²) >= 11 is 0. The Morgan fingerprint density at radius 3 is 2.81 bits per heavy atom. The molecule has 4 aliphatic rings. The number of nitrogens with one attached hydrogen (secondary N) is 1. The number of esters is 1. The Balaban J connectivity index is 1.34. The largest absolute Gasteiger partial charge is 0.467 e. The molecule has 172 valence electrons. The zero-order valence-electron chi connectivity index (χ0n) is 19.0. The molecule has 0 aromatic heterocycles. The van der Waals surface area contributed by atoms with E-state index in [2.05, 4.69) is 16.3 Å². The zero-order chi connectivity index (χ0) is 22.1. The Labute approximate surface area is 191 Å². The number of amides is 2. The van der Waals surface area contributed by atoms with Gasteiger partial charge in [-0.25, -0.2) is 9.59 Å². The van der Waals surface area contributed by atoms with Crippen molar-refractivity contribution < 1.29 is 14.3 Å². The van der Waals surface area contributed by atoms with Crippen molar-refractivity contribution in [3.05, 3.63) is 47.5 Å². The molecule has 5 atom stereocenters. The second-order valence-corrected chi connectivity index (χ2v) is 9.92. The summed E-state index contributed by atoms with van der Waals surface area (Å²) in [4.78, 5) is 30.7. The lowest BCUT2D eigenvalue weighted by atomic mass is 9.68. The van der Waals surface area contributed by atoms with Gasteiger partial charge in [-0.3, -0.25) is 4.90 Å². The van der Waals surface area contributed by atoms with Crippen LogP contribution in [0.25, 0.3) is 0 Å². The van der Waals surface area contributed by atoms with Crippen LogP contribution in [-0.2, 0) is 16.0 Å². The number of benzene rings is 1. The SMILES string of the molecule is COC(=O)[C@@H](Cc1ccccc1)NC(=O)N1CCCC2=C[C@@H]3C[C@H](CN4CCCC[C@@H]34)[C@H]21. The van der Waals surface area contributed by atoms with Crippen LogP contribution in [0.15, 0.2) is 42.0 Å². The highest BCUT2D eigenvalue weighted by Gasteiger charge is 2.47. The Kier molecular flexibility index (Phi) is 6.22. The normalized spacial score (nSPS) is 30.4. The van der Waals surface area contributed by atoms with Crippen LogP contribution in [0, 0.1) is 11.8 Å². The average molecular weight is 438 g/mol. The van der Waals surface area contributed by atoms with Crippen molar-refractivity contribution in [1.29, 1.82) is 0 Å². The van der Waals surface area contributed by atoms with Gasteiger partial charge in [-0.15, -0.1) is 0 Å². The molecule has 0 spiro atoms. The maximum absolute atomic E-state index is 13.5. The van der Waals surface area contributed by atoms with Gasteiger partial charge in [0.25, 0.3) is 0 Å². The molecule has 3 fully saturated rings. The van der Waals surface area contributed by atoms with Crippen molar-refractivity contribution in [1.82, 2.24) is 15.1 Å². The fourth-order valence-electron chi connectivity index (χ4n) is 6.62. The highest BCUT2D eigenvalue weighted by atomic mass is 16.5. The van der Waals surface area contributed by atoms with E-state index in [-0.39, 0.29) is 12.1 Å². The fourth-order valence-corrected chi connectivity index (χ4v) is 6.62. The first-order valence-corrected chi connectivity index (χ1v) is 12.3. The molecule has 1 aromatic rings.